The Morgan fingerprint density at radius 3 is 2.77 bits per heavy atom. The number of halogens is 1. The summed E-state index contributed by atoms with van der Waals surface area (Å²) in [6.07, 6.45) is 3.46. The van der Waals surface area contributed by atoms with Crippen LogP contribution in [0.25, 0.3) is 0 Å². The van der Waals surface area contributed by atoms with E-state index in [9.17, 15) is 4.79 Å². The van der Waals surface area contributed by atoms with E-state index in [4.69, 9.17) is 16.3 Å². The maximum Gasteiger partial charge on any atom is 0.224 e. The molecule has 4 rings (SSSR count). The number of amides is 1. The van der Waals surface area contributed by atoms with Gasteiger partial charge in [-0.3, -0.25) is 14.4 Å². The van der Waals surface area contributed by atoms with Crippen molar-refractivity contribution in [3.8, 4) is 5.75 Å². The van der Waals surface area contributed by atoms with E-state index in [0.29, 0.717) is 18.1 Å². The van der Waals surface area contributed by atoms with Gasteiger partial charge in [0.25, 0.3) is 0 Å². The van der Waals surface area contributed by atoms with Gasteiger partial charge < -0.3 is 9.64 Å². The fourth-order valence-corrected chi connectivity index (χ4v) is 3.63. The molecule has 0 N–H and O–H groups in total. The highest BCUT2D eigenvalue weighted by atomic mass is 35.5. The van der Waals surface area contributed by atoms with Crippen molar-refractivity contribution in [3.63, 3.8) is 0 Å². The Morgan fingerprint density at radius 1 is 1.23 bits per heavy atom. The number of nitrogens with zero attached hydrogens (tertiary/aromatic N) is 4. The maximum absolute atomic E-state index is 12.4. The lowest BCUT2D eigenvalue weighted by Gasteiger charge is -2.36. The van der Waals surface area contributed by atoms with Gasteiger partial charge in [0.15, 0.2) is 0 Å². The lowest BCUT2D eigenvalue weighted by Crippen LogP contribution is -2.45. The number of likely N-dealkylation sites (tertiary alicyclic amines) is 1. The minimum Gasteiger partial charge on any atom is -0.492 e. The van der Waals surface area contributed by atoms with Crippen LogP contribution < -0.4 is 4.74 Å². The first-order valence-corrected chi connectivity index (χ1v) is 9.48. The molecule has 26 heavy (non-hydrogen) atoms. The number of hydrogen-bond donors (Lipinski definition) is 0. The number of aromatic nitrogens is 2. The number of benzene rings is 1. The minimum absolute atomic E-state index is 0.0948. The SMILES string of the molecule is O=C(CC1CN(CCOc2ccc(Cl)cc2)Cc2ccnn21)N1CCC1. The summed E-state index contributed by atoms with van der Waals surface area (Å²) in [6.45, 7) is 4.85. The Balaban J connectivity index is 1.34. The monoisotopic (exact) mass is 374 g/mol. The number of carbonyl (C=O) groups excluding carboxylic acids is 1. The van der Waals surface area contributed by atoms with E-state index in [1.807, 2.05) is 46.1 Å². The van der Waals surface area contributed by atoms with E-state index in [-0.39, 0.29) is 11.9 Å². The molecule has 1 amide bonds. The van der Waals surface area contributed by atoms with Gasteiger partial charge in [0.2, 0.25) is 5.91 Å². The summed E-state index contributed by atoms with van der Waals surface area (Å²) >= 11 is 5.90. The number of rotatable bonds is 6. The van der Waals surface area contributed by atoms with Gasteiger partial charge in [0.1, 0.15) is 12.4 Å². The van der Waals surface area contributed by atoms with Crippen LogP contribution in [-0.2, 0) is 11.3 Å². The van der Waals surface area contributed by atoms with Gasteiger partial charge in [0, 0.05) is 43.9 Å². The molecular formula is C19H23ClN4O2. The Morgan fingerprint density at radius 2 is 2.04 bits per heavy atom. The smallest absolute Gasteiger partial charge is 0.224 e. The van der Waals surface area contributed by atoms with Crippen LogP contribution in [0.4, 0.5) is 0 Å². The van der Waals surface area contributed by atoms with Crippen LogP contribution in [0.15, 0.2) is 36.5 Å². The summed E-state index contributed by atoms with van der Waals surface area (Å²) in [7, 11) is 0. The molecule has 1 aromatic heterocycles. The molecule has 3 heterocycles. The molecule has 0 saturated carbocycles. The molecule has 0 spiro atoms. The summed E-state index contributed by atoms with van der Waals surface area (Å²) < 4.78 is 7.84. The number of hydrogen-bond acceptors (Lipinski definition) is 4. The fourth-order valence-electron chi connectivity index (χ4n) is 3.51. The average molecular weight is 375 g/mol. The Kier molecular flexibility index (Phi) is 5.13. The van der Waals surface area contributed by atoms with Crippen molar-refractivity contribution in [2.75, 3.05) is 32.8 Å². The van der Waals surface area contributed by atoms with Crippen molar-refractivity contribution >= 4 is 17.5 Å². The van der Waals surface area contributed by atoms with Crippen LogP contribution in [0.1, 0.15) is 24.6 Å². The molecule has 1 aromatic carbocycles. The van der Waals surface area contributed by atoms with Crippen LogP contribution >= 0.6 is 11.6 Å². The number of carbonyl (C=O) groups is 1. The summed E-state index contributed by atoms with van der Waals surface area (Å²) in [6, 6.07) is 9.54. The van der Waals surface area contributed by atoms with Crippen LogP contribution in [0.3, 0.4) is 0 Å². The molecule has 1 fully saturated rings. The van der Waals surface area contributed by atoms with E-state index >= 15 is 0 Å². The zero-order valence-electron chi connectivity index (χ0n) is 14.7. The Labute approximate surface area is 158 Å². The number of fused-ring (bicyclic) bond motifs is 1. The standard InChI is InChI=1S/C19H23ClN4O2/c20-15-2-4-18(5-3-15)26-11-10-22-13-16-6-7-21-24(16)17(14-22)12-19(25)23-8-1-9-23/h2-7,17H,1,8-14H2. The first-order valence-electron chi connectivity index (χ1n) is 9.10. The molecule has 1 unspecified atom stereocenters. The second-order valence-corrected chi connectivity index (χ2v) is 7.33. The largest absolute Gasteiger partial charge is 0.492 e. The molecule has 0 aliphatic carbocycles. The molecule has 2 aliphatic heterocycles. The molecule has 0 bridgehead atoms. The van der Waals surface area contributed by atoms with Crippen molar-refractivity contribution < 1.29 is 9.53 Å². The quantitative estimate of drug-likeness (QED) is 0.779. The summed E-state index contributed by atoms with van der Waals surface area (Å²) in [4.78, 5) is 16.7. The van der Waals surface area contributed by atoms with Crippen molar-refractivity contribution in [3.05, 3.63) is 47.2 Å². The zero-order chi connectivity index (χ0) is 17.9. The van der Waals surface area contributed by atoms with Crippen molar-refractivity contribution in [2.24, 2.45) is 0 Å². The van der Waals surface area contributed by atoms with Gasteiger partial charge >= 0.3 is 0 Å². The van der Waals surface area contributed by atoms with Crippen LogP contribution in [0.2, 0.25) is 5.02 Å². The van der Waals surface area contributed by atoms with Gasteiger partial charge in [-0.25, -0.2) is 0 Å². The highest BCUT2D eigenvalue weighted by Crippen LogP contribution is 2.24. The lowest BCUT2D eigenvalue weighted by molar-refractivity contribution is -0.135. The predicted molar refractivity (Wildman–Crippen MR) is 99.3 cm³/mol. The van der Waals surface area contributed by atoms with Crippen LogP contribution in [0, 0.1) is 0 Å². The van der Waals surface area contributed by atoms with Gasteiger partial charge in [-0.05, 0) is 36.8 Å². The van der Waals surface area contributed by atoms with Gasteiger partial charge in [0.05, 0.1) is 18.2 Å². The van der Waals surface area contributed by atoms with E-state index < -0.39 is 0 Å². The minimum atomic E-state index is 0.0948. The molecule has 6 nitrogen and oxygen atoms in total. The zero-order valence-corrected chi connectivity index (χ0v) is 15.4. The van der Waals surface area contributed by atoms with Crippen molar-refractivity contribution in [1.82, 2.24) is 19.6 Å². The Hall–Kier alpha value is -2.05. The second-order valence-electron chi connectivity index (χ2n) is 6.90. The molecule has 2 aromatic rings. The normalized spacial score (nSPS) is 19.7. The molecule has 0 radical (unpaired) electrons. The van der Waals surface area contributed by atoms with Crippen molar-refractivity contribution in [2.45, 2.75) is 25.4 Å². The fraction of sp³-hybridized carbons (Fsp3) is 0.474. The van der Waals surface area contributed by atoms with Gasteiger partial charge in [-0.2, -0.15) is 5.10 Å². The van der Waals surface area contributed by atoms with Crippen molar-refractivity contribution in [1.29, 1.82) is 0 Å². The average Bonchev–Trinajstić information content (AvgIpc) is 3.04. The molecule has 7 heteroatoms. The molecule has 1 atom stereocenters. The van der Waals surface area contributed by atoms with Crippen LogP contribution in [0.5, 0.6) is 5.75 Å². The second kappa shape index (κ2) is 7.68. The highest BCUT2D eigenvalue weighted by molar-refractivity contribution is 6.30. The van der Waals surface area contributed by atoms with Crippen LogP contribution in [-0.4, -0.2) is 58.3 Å². The topological polar surface area (TPSA) is 50.6 Å². The van der Waals surface area contributed by atoms with Gasteiger partial charge in [-0.15, -0.1) is 0 Å². The number of ether oxygens (including phenoxy) is 1. The molecule has 138 valence electrons. The van der Waals surface area contributed by atoms with E-state index in [0.717, 1.165) is 50.6 Å². The highest BCUT2D eigenvalue weighted by Gasteiger charge is 2.30. The predicted octanol–water partition coefficient (Wildman–Crippen LogP) is 2.59. The maximum atomic E-state index is 12.4. The van der Waals surface area contributed by atoms with E-state index in [1.165, 1.54) is 0 Å². The molecular weight excluding hydrogens is 352 g/mol. The van der Waals surface area contributed by atoms with E-state index in [2.05, 4.69) is 10.00 Å². The van der Waals surface area contributed by atoms with Gasteiger partial charge in [-0.1, -0.05) is 11.6 Å². The first kappa shape index (κ1) is 17.4. The third kappa shape index (κ3) is 3.86. The Bertz CT molecular complexity index is 757. The summed E-state index contributed by atoms with van der Waals surface area (Å²) in [5.74, 6) is 1.06. The third-order valence-corrected chi connectivity index (χ3v) is 5.31. The summed E-state index contributed by atoms with van der Waals surface area (Å²) in [5, 5.41) is 5.15. The molecule has 1 saturated heterocycles. The lowest BCUT2D eigenvalue weighted by atomic mass is 10.1. The summed E-state index contributed by atoms with van der Waals surface area (Å²) in [5.41, 5.74) is 1.16. The third-order valence-electron chi connectivity index (χ3n) is 5.06. The molecule has 2 aliphatic rings. The first-order chi connectivity index (χ1) is 12.7. The van der Waals surface area contributed by atoms with E-state index in [1.54, 1.807) is 0 Å².